The van der Waals surface area contributed by atoms with Gasteiger partial charge in [-0.3, -0.25) is 9.59 Å². The highest BCUT2D eigenvalue weighted by Crippen LogP contribution is 2.25. The Hall–Kier alpha value is -2.96. The molecule has 0 spiro atoms. The van der Waals surface area contributed by atoms with E-state index in [9.17, 15) is 18.4 Å². The summed E-state index contributed by atoms with van der Waals surface area (Å²) >= 11 is 0. The molecule has 1 unspecified atom stereocenters. The van der Waals surface area contributed by atoms with Crippen molar-refractivity contribution in [2.24, 2.45) is 5.92 Å². The molecular weight excluding hydrogens is 402 g/mol. The van der Waals surface area contributed by atoms with Gasteiger partial charge >= 0.3 is 6.61 Å². The summed E-state index contributed by atoms with van der Waals surface area (Å²) in [5, 5.41) is 0. The lowest BCUT2D eigenvalue weighted by Gasteiger charge is -2.34. The zero-order valence-electron chi connectivity index (χ0n) is 17.7. The molecule has 2 aromatic rings. The minimum Gasteiger partial charge on any atom is -0.434 e. The Kier molecular flexibility index (Phi) is 7.98. The van der Waals surface area contributed by atoms with Gasteiger partial charge in [0.05, 0.1) is 11.5 Å². The second-order valence-electron chi connectivity index (χ2n) is 7.81. The highest BCUT2D eigenvalue weighted by atomic mass is 19.3. The van der Waals surface area contributed by atoms with E-state index in [0.717, 1.165) is 12.8 Å². The van der Waals surface area contributed by atoms with Crippen LogP contribution in [0, 0.1) is 5.92 Å². The van der Waals surface area contributed by atoms with Crippen LogP contribution in [0.25, 0.3) is 0 Å². The van der Waals surface area contributed by atoms with Crippen molar-refractivity contribution in [3.63, 3.8) is 0 Å². The van der Waals surface area contributed by atoms with Gasteiger partial charge in [0, 0.05) is 26.7 Å². The number of para-hydroxylation sites is 1. The standard InChI is InChI=1S/C24H28F2N2O3/c1-27(15-7-11-18-9-3-2-4-10-18)22(29)19-12-8-16-28(17-19)23(30)20-13-5-6-14-21(20)31-24(25)26/h2-6,9-10,13-14,19,24H,7-8,11-12,15-17H2,1H3. The monoisotopic (exact) mass is 430 g/mol. The first-order valence-electron chi connectivity index (χ1n) is 10.6. The molecule has 0 aromatic heterocycles. The van der Waals surface area contributed by atoms with Crippen molar-refractivity contribution in [3.8, 4) is 5.75 Å². The number of likely N-dealkylation sites (tertiary alicyclic amines) is 1. The number of benzene rings is 2. The number of carbonyl (C=O) groups is 2. The largest absolute Gasteiger partial charge is 0.434 e. The van der Waals surface area contributed by atoms with Gasteiger partial charge < -0.3 is 14.5 Å². The van der Waals surface area contributed by atoms with Crippen LogP contribution in [0.2, 0.25) is 0 Å². The number of ether oxygens (including phenoxy) is 1. The summed E-state index contributed by atoms with van der Waals surface area (Å²) in [6, 6.07) is 16.1. The van der Waals surface area contributed by atoms with Crippen molar-refractivity contribution in [2.75, 3.05) is 26.7 Å². The second-order valence-corrected chi connectivity index (χ2v) is 7.81. The molecule has 0 N–H and O–H groups in total. The van der Waals surface area contributed by atoms with Crippen LogP contribution in [0.5, 0.6) is 5.75 Å². The quantitative estimate of drug-likeness (QED) is 0.630. The van der Waals surface area contributed by atoms with Crippen molar-refractivity contribution in [1.29, 1.82) is 0 Å². The number of hydrogen-bond acceptors (Lipinski definition) is 3. The molecule has 3 rings (SSSR count). The number of piperidine rings is 1. The van der Waals surface area contributed by atoms with E-state index in [-0.39, 0.29) is 35.6 Å². The lowest BCUT2D eigenvalue weighted by molar-refractivity contribution is -0.135. The Morgan fingerprint density at radius 1 is 1.13 bits per heavy atom. The minimum atomic E-state index is -3.01. The zero-order valence-corrected chi connectivity index (χ0v) is 17.7. The fraction of sp³-hybridized carbons (Fsp3) is 0.417. The van der Waals surface area contributed by atoms with Gasteiger partial charge in [-0.25, -0.2) is 0 Å². The van der Waals surface area contributed by atoms with E-state index in [1.165, 1.54) is 17.7 Å². The summed E-state index contributed by atoms with van der Waals surface area (Å²) < 4.78 is 29.8. The fourth-order valence-electron chi connectivity index (χ4n) is 3.96. The second kappa shape index (κ2) is 10.9. The fourth-order valence-corrected chi connectivity index (χ4v) is 3.96. The van der Waals surface area contributed by atoms with Gasteiger partial charge in [-0.05, 0) is 43.4 Å². The summed E-state index contributed by atoms with van der Waals surface area (Å²) in [4.78, 5) is 29.2. The average molecular weight is 430 g/mol. The predicted octanol–water partition coefficient (Wildman–Crippen LogP) is 4.23. The van der Waals surface area contributed by atoms with E-state index in [2.05, 4.69) is 16.9 Å². The Balaban J connectivity index is 1.57. The molecule has 1 saturated heterocycles. The number of amides is 2. The van der Waals surface area contributed by atoms with Crippen LogP contribution in [-0.4, -0.2) is 54.9 Å². The molecule has 2 amide bonds. The molecule has 1 heterocycles. The summed E-state index contributed by atoms with van der Waals surface area (Å²) in [6.45, 7) is -1.59. The molecule has 0 radical (unpaired) electrons. The summed E-state index contributed by atoms with van der Waals surface area (Å²) in [5.74, 6) is -0.806. The Morgan fingerprint density at radius 3 is 2.58 bits per heavy atom. The molecular formula is C24H28F2N2O3. The van der Waals surface area contributed by atoms with Crippen molar-refractivity contribution in [1.82, 2.24) is 9.80 Å². The number of halogens is 2. The zero-order chi connectivity index (χ0) is 22.2. The molecule has 1 atom stereocenters. The van der Waals surface area contributed by atoms with Crippen LogP contribution in [0.4, 0.5) is 8.78 Å². The van der Waals surface area contributed by atoms with Gasteiger partial charge in [-0.2, -0.15) is 8.78 Å². The number of carbonyl (C=O) groups excluding carboxylic acids is 2. The minimum absolute atomic E-state index is 0.0164. The van der Waals surface area contributed by atoms with Crippen LogP contribution < -0.4 is 4.74 Å². The molecule has 31 heavy (non-hydrogen) atoms. The molecule has 5 nitrogen and oxygen atoms in total. The van der Waals surface area contributed by atoms with E-state index < -0.39 is 6.61 Å². The molecule has 0 bridgehead atoms. The molecule has 1 fully saturated rings. The van der Waals surface area contributed by atoms with Crippen LogP contribution in [-0.2, 0) is 11.2 Å². The van der Waals surface area contributed by atoms with Crippen molar-refractivity contribution in [2.45, 2.75) is 32.3 Å². The Morgan fingerprint density at radius 2 is 1.84 bits per heavy atom. The number of nitrogens with zero attached hydrogens (tertiary/aromatic N) is 2. The number of alkyl halides is 2. The average Bonchev–Trinajstić information content (AvgIpc) is 2.79. The molecule has 0 saturated carbocycles. The van der Waals surface area contributed by atoms with Crippen molar-refractivity contribution in [3.05, 3.63) is 65.7 Å². The molecule has 166 valence electrons. The molecule has 2 aromatic carbocycles. The maximum Gasteiger partial charge on any atom is 0.387 e. The summed E-state index contributed by atoms with van der Waals surface area (Å²) in [5.41, 5.74) is 1.33. The van der Waals surface area contributed by atoms with E-state index in [4.69, 9.17) is 0 Å². The predicted molar refractivity (Wildman–Crippen MR) is 114 cm³/mol. The first-order valence-corrected chi connectivity index (χ1v) is 10.6. The van der Waals surface area contributed by atoms with Crippen molar-refractivity contribution < 1.29 is 23.1 Å². The van der Waals surface area contributed by atoms with E-state index in [1.807, 2.05) is 18.2 Å². The highest BCUT2D eigenvalue weighted by Gasteiger charge is 2.31. The smallest absolute Gasteiger partial charge is 0.387 e. The van der Waals surface area contributed by atoms with Crippen LogP contribution in [0.1, 0.15) is 35.2 Å². The first kappa shape index (κ1) is 22.7. The van der Waals surface area contributed by atoms with Gasteiger partial charge in [0.1, 0.15) is 5.75 Å². The van der Waals surface area contributed by atoms with Crippen LogP contribution >= 0.6 is 0 Å². The van der Waals surface area contributed by atoms with E-state index >= 15 is 0 Å². The van der Waals surface area contributed by atoms with Gasteiger partial charge in [0.2, 0.25) is 5.91 Å². The molecule has 0 aliphatic carbocycles. The van der Waals surface area contributed by atoms with Gasteiger partial charge in [0.25, 0.3) is 5.91 Å². The Bertz CT molecular complexity index is 876. The third-order valence-electron chi connectivity index (χ3n) is 5.57. The third-order valence-corrected chi connectivity index (χ3v) is 5.57. The van der Waals surface area contributed by atoms with Crippen LogP contribution in [0.3, 0.4) is 0 Å². The molecule has 1 aliphatic rings. The van der Waals surface area contributed by atoms with Crippen LogP contribution in [0.15, 0.2) is 54.6 Å². The maximum atomic E-state index is 12.9. The number of aryl methyl sites for hydroxylation is 1. The maximum absolute atomic E-state index is 12.9. The number of hydrogen-bond donors (Lipinski definition) is 0. The SMILES string of the molecule is CN(CCCc1ccccc1)C(=O)C1CCCN(C(=O)c2ccccc2OC(F)F)C1. The Labute approximate surface area is 181 Å². The lowest BCUT2D eigenvalue weighted by Crippen LogP contribution is -2.46. The van der Waals surface area contributed by atoms with Gasteiger partial charge in [-0.1, -0.05) is 42.5 Å². The molecule has 1 aliphatic heterocycles. The van der Waals surface area contributed by atoms with Gasteiger partial charge in [-0.15, -0.1) is 0 Å². The summed E-state index contributed by atoms with van der Waals surface area (Å²) in [6.07, 6.45) is 3.16. The highest BCUT2D eigenvalue weighted by molar-refractivity contribution is 5.97. The van der Waals surface area contributed by atoms with Crippen molar-refractivity contribution >= 4 is 11.8 Å². The third kappa shape index (κ3) is 6.26. The summed E-state index contributed by atoms with van der Waals surface area (Å²) in [7, 11) is 1.79. The normalized spacial score (nSPS) is 16.3. The van der Waals surface area contributed by atoms with Gasteiger partial charge in [0.15, 0.2) is 0 Å². The molecule has 7 heteroatoms. The first-order chi connectivity index (χ1) is 15.0. The lowest BCUT2D eigenvalue weighted by atomic mass is 9.95. The number of rotatable bonds is 8. The van der Waals surface area contributed by atoms with E-state index in [0.29, 0.717) is 25.9 Å². The topological polar surface area (TPSA) is 49.9 Å². The van der Waals surface area contributed by atoms with E-state index in [1.54, 1.807) is 29.0 Å².